The van der Waals surface area contributed by atoms with Crippen molar-refractivity contribution >= 4 is 7.69 Å². The van der Waals surface area contributed by atoms with Gasteiger partial charge in [0.25, 0.3) is 0 Å². The second-order valence-corrected chi connectivity index (χ2v) is 3.01. The number of rotatable bonds is 2. The van der Waals surface area contributed by atoms with Crippen LogP contribution in [-0.4, -0.2) is 12.7 Å². The van der Waals surface area contributed by atoms with E-state index in [0.717, 1.165) is 19.9 Å². The molecule has 61 valence electrons. The number of fused-ring (bicyclic) bond motifs is 1. The summed E-state index contributed by atoms with van der Waals surface area (Å²) in [7, 11) is 0.719. The van der Waals surface area contributed by atoms with Gasteiger partial charge in [-0.3, -0.25) is 0 Å². The van der Waals surface area contributed by atoms with Gasteiger partial charge >= 0.3 is 7.69 Å². The third kappa shape index (κ3) is 1.32. The van der Waals surface area contributed by atoms with Gasteiger partial charge in [0.1, 0.15) is 5.75 Å². The van der Waals surface area contributed by atoms with E-state index in [2.05, 4.69) is 6.07 Å². The van der Waals surface area contributed by atoms with E-state index in [-0.39, 0.29) is 0 Å². The summed E-state index contributed by atoms with van der Waals surface area (Å²) in [5, 5.41) is 8.42. The molecule has 0 saturated heterocycles. The Morgan fingerprint density at radius 2 is 2.08 bits per heavy atom. The summed E-state index contributed by atoms with van der Waals surface area (Å²) in [4.78, 5) is 0. The van der Waals surface area contributed by atoms with Crippen LogP contribution in [0.1, 0.15) is 17.5 Å². The highest BCUT2D eigenvalue weighted by Crippen LogP contribution is 2.25. The van der Waals surface area contributed by atoms with Crippen molar-refractivity contribution in [1.82, 2.24) is 0 Å². The molecule has 3 heteroatoms. The Balaban J connectivity index is 2.26. The Hall–Kier alpha value is -0.955. The van der Waals surface area contributed by atoms with Gasteiger partial charge in [0, 0.05) is 0 Å². The Morgan fingerprint density at radius 3 is 2.92 bits per heavy atom. The molecule has 1 N–H and O–H groups in total. The van der Waals surface area contributed by atoms with Crippen LogP contribution in [0.3, 0.4) is 0 Å². The van der Waals surface area contributed by atoms with E-state index in [0.29, 0.717) is 0 Å². The summed E-state index contributed by atoms with van der Waals surface area (Å²) in [5.74, 6) is 0.721. The fourth-order valence-electron chi connectivity index (χ4n) is 1.68. The first-order chi connectivity index (χ1) is 5.90. The quantitative estimate of drug-likeness (QED) is 0.657. The lowest BCUT2D eigenvalue weighted by atomic mass is 10.1. The van der Waals surface area contributed by atoms with Crippen molar-refractivity contribution in [2.75, 3.05) is 0 Å². The highest BCUT2D eigenvalue weighted by Gasteiger charge is 2.10. The van der Waals surface area contributed by atoms with Crippen LogP contribution in [0.2, 0.25) is 0 Å². The molecule has 2 rings (SSSR count). The zero-order valence-electron chi connectivity index (χ0n) is 6.79. The number of aryl methyl sites for hydroxylation is 2. The highest BCUT2D eigenvalue weighted by atomic mass is 16.5. The van der Waals surface area contributed by atoms with E-state index in [1.807, 2.05) is 12.1 Å². The van der Waals surface area contributed by atoms with Crippen LogP contribution in [0.25, 0.3) is 0 Å². The molecule has 1 aliphatic carbocycles. The van der Waals surface area contributed by atoms with Crippen molar-refractivity contribution in [3.63, 3.8) is 0 Å². The Labute approximate surface area is 72.5 Å². The molecule has 0 fully saturated rings. The SMILES string of the molecule is O[B]Oc1ccc2c(c1)CCC2. The standard InChI is InChI=1S/C9H10BO2/c11-10-12-9-5-4-7-2-1-3-8(7)6-9/h4-6,11H,1-3H2. The van der Waals surface area contributed by atoms with Gasteiger partial charge in [0.15, 0.2) is 0 Å². The van der Waals surface area contributed by atoms with Gasteiger partial charge < -0.3 is 9.68 Å². The molecule has 0 unspecified atom stereocenters. The monoisotopic (exact) mass is 161 g/mol. The van der Waals surface area contributed by atoms with E-state index in [9.17, 15) is 0 Å². The minimum atomic E-state index is 0.719. The Morgan fingerprint density at radius 1 is 1.25 bits per heavy atom. The van der Waals surface area contributed by atoms with Crippen LogP contribution >= 0.6 is 0 Å². The van der Waals surface area contributed by atoms with E-state index < -0.39 is 0 Å². The summed E-state index contributed by atoms with van der Waals surface area (Å²) in [6.45, 7) is 0. The van der Waals surface area contributed by atoms with Gasteiger partial charge in [-0.15, -0.1) is 0 Å². The molecule has 1 aromatic rings. The molecule has 0 bridgehead atoms. The maximum atomic E-state index is 8.42. The summed E-state index contributed by atoms with van der Waals surface area (Å²) in [6, 6.07) is 5.95. The summed E-state index contributed by atoms with van der Waals surface area (Å²) in [6.07, 6.45) is 3.55. The molecule has 2 nitrogen and oxygen atoms in total. The zero-order valence-corrected chi connectivity index (χ0v) is 6.79. The van der Waals surface area contributed by atoms with Gasteiger partial charge in [0.05, 0.1) is 0 Å². The molecule has 0 spiro atoms. The molecule has 1 aliphatic rings. The summed E-state index contributed by atoms with van der Waals surface area (Å²) < 4.78 is 4.86. The van der Waals surface area contributed by atoms with E-state index in [1.165, 1.54) is 24.0 Å². The molecule has 1 radical (unpaired) electrons. The average Bonchev–Trinajstić information content (AvgIpc) is 2.51. The fraction of sp³-hybridized carbons (Fsp3) is 0.333. The molecule has 0 saturated carbocycles. The second-order valence-electron chi connectivity index (χ2n) is 3.01. The van der Waals surface area contributed by atoms with Crippen molar-refractivity contribution < 1.29 is 9.68 Å². The lowest BCUT2D eigenvalue weighted by molar-refractivity contribution is 0.453. The topological polar surface area (TPSA) is 29.5 Å². The lowest BCUT2D eigenvalue weighted by Gasteiger charge is -2.03. The molecule has 0 atom stereocenters. The predicted molar refractivity (Wildman–Crippen MR) is 47.1 cm³/mol. The van der Waals surface area contributed by atoms with Gasteiger partial charge in [-0.2, -0.15) is 0 Å². The molecule has 0 amide bonds. The van der Waals surface area contributed by atoms with Crippen molar-refractivity contribution in [1.29, 1.82) is 0 Å². The molecule has 0 aromatic heterocycles. The van der Waals surface area contributed by atoms with Crippen LogP contribution in [0.15, 0.2) is 18.2 Å². The first kappa shape index (κ1) is 7.68. The third-order valence-corrected chi connectivity index (χ3v) is 2.26. The van der Waals surface area contributed by atoms with Crippen molar-refractivity contribution in [3.05, 3.63) is 29.3 Å². The van der Waals surface area contributed by atoms with E-state index >= 15 is 0 Å². The summed E-state index contributed by atoms with van der Waals surface area (Å²) >= 11 is 0. The highest BCUT2D eigenvalue weighted by molar-refractivity contribution is 6.17. The Kier molecular flexibility index (Phi) is 2.04. The van der Waals surface area contributed by atoms with Gasteiger partial charge in [-0.05, 0) is 42.5 Å². The molecule has 12 heavy (non-hydrogen) atoms. The number of benzene rings is 1. The minimum Gasteiger partial charge on any atom is -0.537 e. The van der Waals surface area contributed by atoms with Crippen LogP contribution in [-0.2, 0) is 12.8 Å². The first-order valence-electron chi connectivity index (χ1n) is 4.14. The normalized spacial score (nSPS) is 14.1. The number of hydrogen-bond acceptors (Lipinski definition) is 2. The molecule has 1 aromatic carbocycles. The first-order valence-corrected chi connectivity index (χ1v) is 4.14. The molecule has 0 aliphatic heterocycles. The van der Waals surface area contributed by atoms with Crippen molar-refractivity contribution in [2.24, 2.45) is 0 Å². The molecular formula is C9H10BO2. The maximum Gasteiger partial charge on any atom is 0.569 e. The molecular weight excluding hydrogens is 151 g/mol. The average molecular weight is 161 g/mol. The fourth-order valence-corrected chi connectivity index (χ4v) is 1.68. The smallest absolute Gasteiger partial charge is 0.537 e. The van der Waals surface area contributed by atoms with Gasteiger partial charge in [-0.1, -0.05) is 6.07 Å². The zero-order chi connectivity index (χ0) is 8.39. The summed E-state index contributed by atoms with van der Waals surface area (Å²) in [5.41, 5.74) is 2.77. The largest absolute Gasteiger partial charge is 0.569 e. The molecule has 0 heterocycles. The Bertz CT molecular complexity index is 286. The van der Waals surface area contributed by atoms with Crippen LogP contribution in [0.5, 0.6) is 5.75 Å². The van der Waals surface area contributed by atoms with Gasteiger partial charge in [0.2, 0.25) is 0 Å². The van der Waals surface area contributed by atoms with Gasteiger partial charge in [-0.25, -0.2) is 0 Å². The lowest BCUT2D eigenvalue weighted by Crippen LogP contribution is -2.00. The number of hydrogen-bond donors (Lipinski definition) is 1. The van der Waals surface area contributed by atoms with E-state index in [4.69, 9.17) is 9.68 Å². The van der Waals surface area contributed by atoms with Crippen molar-refractivity contribution in [3.8, 4) is 5.75 Å². The van der Waals surface area contributed by atoms with Crippen LogP contribution in [0, 0.1) is 0 Å². The van der Waals surface area contributed by atoms with E-state index in [1.54, 1.807) is 0 Å². The van der Waals surface area contributed by atoms with Crippen LogP contribution < -0.4 is 4.65 Å². The minimum absolute atomic E-state index is 0.719. The predicted octanol–water partition coefficient (Wildman–Crippen LogP) is 1.08. The maximum absolute atomic E-state index is 8.42. The van der Waals surface area contributed by atoms with Crippen molar-refractivity contribution in [2.45, 2.75) is 19.3 Å². The van der Waals surface area contributed by atoms with Crippen LogP contribution in [0.4, 0.5) is 0 Å². The second kappa shape index (κ2) is 3.19. The third-order valence-electron chi connectivity index (χ3n) is 2.26.